The number of carbonyl (C=O) groups is 1. The lowest BCUT2D eigenvalue weighted by Gasteiger charge is -2.10. The van der Waals surface area contributed by atoms with Gasteiger partial charge in [0, 0.05) is 12.2 Å². The van der Waals surface area contributed by atoms with E-state index in [0.29, 0.717) is 12.1 Å². The Kier molecular flexibility index (Phi) is 4.42. The van der Waals surface area contributed by atoms with Gasteiger partial charge in [-0.2, -0.15) is 0 Å². The van der Waals surface area contributed by atoms with Gasteiger partial charge in [0.2, 0.25) is 0 Å². The van der Waals surface area contributed by atoms with Crippen molar-refractivity contribution in [1.82, 2.24) is 0 Å². The third-order valence-electron chi connectivity index (χ3n) is 3.16. The van der Waals surface area contributed by atoms with E-state index in [0.717, 1.165) is 17.0 Å². The van der Waals surface area contributed by atoms with Gasteiger partial charge in [0.05, 0.1) is 12.7 Å². The summed E-state index contributed by atoms with van der Waals surface area (Å²) in [6.07, 6.45) is 0. The lowest BCUT2D eigenvalue weighted by molar-refractivity contribution is 0.0692. The molecule has 21 heavy (non-hydrogen) atoms. The van der Waals surface area contributed by atoms with Crippen molar-refractivity contribution in [2.75, 3.05) is 12.4 Å². The summed E-state index contributed by atoms with van der Waals surface area (Å²) in [6, 6.07) is 9.75. The Balaban J connectivity index is 2.08. The minimum absolute atomic E-state index is 0.320. The third kappa shape index (κ3) is 3.51. The van der Waals surface area contributed by atoms with Crippen LogP contribution in [0.15, 0.2) is 36.4 Å². The fourth-order valence-electron chi connectivity index (χ4n) is 2.03. The Hall–Kier alpha value is -2.56. The van der Waals surface area contributed by atoms with Crippen LogP contribution < -0.4 is 10.1 Å². The fraction of sp³-hybridized carbons (Fsp3) is 0.188. The van der Waals surface area contributed by atoms with Crippen LogP contribution in [0.4, 0.5) is 10.1 Å². The van der Waals surface area contributed by atoms with Crippen molar-refractivity contribution >= 4 is 11.7 Å². The van der Waals surface area contributed by atoms with Crippen LogP contribution in [0.25, 0.3) is 0 Å². The Morgan fingerprint density at radius 3 is 2.62 bits per heavy atom. The van der Waals surface area contributed by atoms with Crippen LogP contribution in [-0.4, -0.2) is 18.2 Å². The summed E-state index contributed by atoms with van der Waals surface area (Å²) >= 11 is 0. The van der Waals surface area contributed by atoms with Crippen LogP contribution in [0.5, 0.6) is 5.75 Å². The van der Waals surface area contributed by atoms with Gasteiger partial charge in [-0.1, -0.05) is 6.07 Å². The molecule has 0 spiro atoms. The Morgan fingerprint density at radius 1 is 1.29 bits per heavy atom. The predicted molar refractivity (Wildman–Crippen MR) is 78.4 cm³/mol. The molecule has 0 amide bonds. The maximum absolute atomic E-state index is 13.6. The van der Waals surface area contributed by atoms with Crippen molar-refractivity contribution in [1.29, 1.82) is 0 Å². The van der Waals surface area contributed by atoms with Crippen LogP contribution in [0.3, 0.4) is 0 Å². The van der Waals surface area contributed by atoms with E-state index >= 15 is 0 Å². The van der Waals surface area contributed by atoms with Crippen molar-refractivity contribution in [2.24, 2.45) is 0 Å². The molecule has 4 nitrogen and oxygen atoms in total. The van der Waals surface area contributed by atoms with Crippen LogP contribution in [0.1, 0.15) is 21.5 Å². The highest BCUT2D eigenvalue weighted by atomic mass is 19.1. The number of carboxylic acids is 1. The number of nitrogens with one attached hydrogen (secondary N) is 1. The SMILES string of the molecule is COc1ccc(NCc2ccc(C(=O)O)c(F)c2)cc1C. The quantitative estimate of drug-likeness (QED) is 0.885. The molecule has 0 radical (unpaired) electrons. The number of rotatable bonds is 5. The molecule has 2 aromatic carbocycles. The van der Waals surface area contributed by atoms with E-state index in [4.69, 9.17) is 9.84 Å². The summed E-state index contributed by atoms with van der Waals surface area (Å²) in [5, 5.41) is 11.9. The molecule has 5 heteroatoms. The van der Waals surface area contributed by atoms with Crippen LogP contribution in [0.2, 0.25) is 0 Å². The molecule has 110 valence electrons. The molecule has 0 atom stereocenters. The second-order valence-electron chi connectivity index (χ2n) is 4.66. The van der Waals surface area contributed by atoms with Gasteiger partial charge < -0.3 is 15.2 Å². The molecule has 0 heterocycles. The maximum atomic E-state index is 13.6. The third-order valence-corrected chi connectivity index (χ3v) is 3.16. The number of aromatic carboxylic acids is 1. The molecule has 0 saturated carbocycles. The minimum atomic E-state index is -1.27. The largest absolute Gasteiger partial charge is 0.496 e. The number of methoxy groups -OCH3 is 1. The molecule has 0 bridgehead atoms. The number of hydrogen-bond donors (Lipinski definition) is 2. The van der Waals surface area contributed by atoms with E-state index in [-0.39, 0.29) is 5.56 Å². The van der Waals surface area contributed by atoms with Crippen molar-refractivity contribution in [3.8, 4) is 5.75 Å². The summed E-state index contributed by atoms with van der Waals surface area (Å²) in [5.74, 6) is -1.19. The molecule has 0 saturated heterocycles. The van der Waals surface area contributed by atoms with Gasteiger partial charge in [-0.25, -0.2) is 9.18 Å². The van der Waals surface area contributed by atoms with Crippen molar-refractivity contribution in [3.63, 3.8) is 0 Å². The van der Waals surface area contributed by atoms with E-state index in [1.165, 1.54) is 12.1 Å². The average Bonchev–Trinajstić information content (AvgIpc) is 2.45. The van der Waals surface area contributed by atoms with Crippen LogP contribution in [0, 0.1) is 12.7 Å². The number of anilines is 1. The molecule has 0 aliphatic heterocycles. The highest BCUT2D eigenvalue weighted by molar-refractivity contribution is 5.87. The zero-order chi connectivity index (χ0) is 15.4. The van der Waals surface area contributed by atoms with Gasteiger partial charge in [-0.15, -0.1) is 0 Å². The van der Waals surface area contributed by atoms with E-state index in [1.54, 1.807) is 13.2 Å². The van der Waals surface area contributed by atoms with Crippen LogP contribution >= 0.6 is 0 Å². The Morgan fingerprint density at radius 2 is 2.05 bits per heavy atom. The zero-order valence-electron chi connectivity index (χ0n) is 11.8. The monoisotopic (exact) mass is 289 g/mol. The standard InChI is InChI=1S/C16H16FNO3/c1-10-7-12(4-6-15(10)21-2)18-9-11-3-5-13(16(19)20)14(17)8-11/h3-8,18H,9H2,1-2H3,(H,19,20). The molecule has 0 aromatic heterocycles. The van der Waals surface area contributed by atoms with E-state index in [1.807, 2.05) is 25.1 Å². The first-order chi connectivity index (χ1) is 10.0. The Bertz CT molecular complexity index is 671. The molecule has 2 aromatic rings. The first-order valence-electron chi connectivity index (χ1n) is 6.41. The molecule has 2 N–H and O–H groups in total. The van der Waals surface area contributed by atoms with Crippen molar-refractivity contribution < 1.29 is 19.0 Å². The number of halogens is 1. The molecule has 2 rings (SSSR count). The van der Waals surface area contributed by atoms with Crippen molar-refractivity contribution in [3.05, 3.63) is 58.9 Å². The summed E-state index contributed by atoms with van der Waals surface area (Å²) in [5.41, 5.74) is 2.23. The lowest BCUT2D eigenvalue weighted by atomic mass is 10.1. The van der Waals surface area contributed by atoms with Crippen molar-refractivity contribution in [2.45, 2.75) is 13.5 Å². The van der Waals surface area contributed by atoms with Gasteiger partial charge in [0.15, 0.2) is 0 Å². The van der Waals surface area contributed by atoms with Gasteiger partial charge >= 0.3 is 5.97 Å². The summed E-state index contributed by atoms with van der Waals surface area (Å²) in [6.45, 7) is 2.34. The molecule has 0 fully saturated rings. The summed E-state index contributed by atoms with van der Waals surface area (Å²) in [7, 11) is 1.61. The summed E-state index contributed by atoms with van der Waals surface area (Å²) in [4.78, 5) is 10.7. The predicted octanol–water partition coefficient (Wildman–Crippen LogP) is 3.45. The normalized spacial score (nSPS) is 10.2. The maximum Gasteiger partial charge on any atom is 0.338 e. The topological polar surface area (TPSA) is 58.6 Å². The number of carboxylic acid groups (broad SMARTS) is 1. The first kappa shape index (κ1) is 14.8. The second kappa shape index (κ2) is 6.26. The fourth-order valence-corrected chi connectivity index (χ4v) is 2.03. The Labute approximate surface area is 122 Å². The lowest BCUT2D eigenvalue weighted by Crippen LogP contribution is -2.04. The van der Waals surface area contributed by atoms with Gasteiger partial charge in [0.1, 0.15) is 11.6 Å². The first-order valence-corrected chi connectivity index (χ1v) is 6.41. The molecular formula is C16H16FNO3. The number of hydrogen-bond acceptors (Lipinski definition) is 3. The molecular weight excluding hydrogens is 273 g/mol. The van der Waals surface area contributed by atoms with E-state index in [2.05, 4.69) is 5.32 Å². The summed E-state index contributed by atoms with van der Waals surface area (Å²) < 4.78 is 18.7. The number of benzene rings is 2. The van der Waals surface area contributed by atoms with E-state index in [9.17, 15) is 9.18 Å². The number of aryl methyl sites for hydroxylation is 1. The van der Waals surface area contributed by atoms with Gasteiger partial charge in [0.25, 0.3) is 0 Å². The molecule has 0 aliphatic carbocycles. The highest BCUT2D eigenvalue weighted by Crippen LogP contribution is 2.22. The van der Waals surface area contributed by atoms with Gasteiger partial charge in [-0.05, 0) is 48.4 Å². The average molecular weight is 289 g/mol. The molecule has 0 unspecified atom stereocenters. The minimum Gasteiger partial charge on any atom is -0.496 e. The zero-order valence-corrected chi connectivity index (χ0v) is 11.8. The van der Waals surface area contributed by atoms with E-state index < -0.39 is 11.8 Å². The van der Waals surface area contributed by atoms with Crippen LogP contribution in [-0.2, 0) is 6.54 Å². The van der Waals surface area contributed by atoms with Gasteiger partial charge in [-0.3, -0.25) is 0 Å². The smallest absolute Gasteiger partial charge is 0.338 e. The highest BCUT2D eigenvalue weighted by Gasteiger charge is 2.10. The second-order valence-corrected chi connectivity index (χ2v) is 4.66. The number of ether oxygens (including phenoxy) is 1. The molecule has 0 aliphatic rings.